The number of hydrogen-bond acceptors (Lipinski definition) is 13. The molecule has 2 fully saturated rings. The second-order valence-corrected chi connectivity index (χ2v) is 7.56. The Hall–Kier alpha value is 0.420. The Balaban J connectivity index is 0.00000420. The average molecular weight is 452 g/mol. The van der Waals surface area contributed by atoms with Crippen molar-refractivity contribution >= 4 is 17.7 Å². The van der Waals surface area contributed by atoms with Crippen molar-refractivity contribution in [1.29, 1.82) is 0 Å². The van der Waals surface area contributed by atoms with Gasteiger partial charge in [-0.3, -0.25) is 0 Å². The van der Waals surface area contributed by atoms with E-state index in [0.29, 0.717) is 11.8 Å². The molecule has 29 heavy (non-hydrogen) atoms. The molecule has 2 aliphatic rings. The Morgan fingerprint density at radius 2 is 1.55 bits per heavy atom. The maximum Gasteiger partial charge on any atom is 1.00 e. The van der Waals surface area contributed by atoms with Gasteiger partial charge in [0.15, 0.2) is 12.6 Å². The zero-order valence-corrected chi connectivity index (χ0v) is 18.8. The summed E-state index contributed by atoms with van der Waals surface area (Å²) in [5.74, 6) is -1.95. The van der Waals surface area contributed by atoms with Crippen LogP contribution in [0.15, 0.2) is 0 Å². The van der Waals surface area contributed by atoms with E-state index in [4.69, 9.17) is 18.9 Å². The van der Waals surface area contributed by atoms with Gasteiger partial charge in [-0.1, -0.05) is 0 Å². The summed E-state index contributed by atoms with van der Waals surface area (Å²) in [4.78, 5) is 10.7. The van der Waals surface area contributed by atoms with Gasteiger partial charge in [0.1, 0.15) is 36.6 Å². The molecule has 10 atom stereocenters. The second-order valence-electron chi connectivity index (χ2n) is 6.40. The van der Waals surface area contributed by atoms with Crippen LogP contribution in [0.4, 0.5) is 0 Å². The fourth-order valence-electron chi connectivity index (χ4n) is 3.10. The SMILES string of the molecule is CO[C@@H]1O[C@H](CO)[C@@H](O[C@@H]2O[C@H](CO)[C@H](O)[C@H](SCC(=O)[O-])[C@H]2O)[C@H](O)[C@H]1O.[Na+]. The smallest absolute Gasteiger partial charge is 0.549 e. The number of carboxylic acid groups (broad SMARTS) is 1. The first-order valence-corrected chi connectivity index (χ1v) is 9.54. The normalized spacial score (nSPS) is 42.9. The third kappa shape index (κ3) is 6.46. The van der Waals surface area contributed by atoms with Crippen molar-refractivity contribution in [3.05, 3.63) is 0 Å². The average Bonchev–Trinajstić information content (AvgIpc) is 2.67. The second kappa shape index (κ2) is 12.5. The number of aliphatic hydroxyl groups is 6. The molecule has 0 bridgehead atoms. The molecule has 2 heterocycles. The minimum absolute atomic E-state index is 0. The van der Waals surface area contributed by atoms with E-state index in [1.807, 2.05) is 0 Å². The minimum Gasteiger partial charge on any atom is -0.549 e. The molecule has 0 saturated carbocycles. The molecule has 6 N–H and O–H groups in total. The zero-order chi connectivity index (χ0) is 21.0. The molecule has 2 aliphatic heterocycles. The minimum atomic E-state index is -1.58. The molecule has 0 amide bonds. The largest absolute Gasteiger partial charge is 1.00 e. The summed E-state index contributed by atoms with van der Waals surface area (Å²) in [6.07, 6.45) is -12.5. The first kappa shape index (κ1) is 27.5. The molecule has 0 aromatic heterocycles. The number of hydrogen-bond donors (Lipinski definition) is 6. The number of carbonyl (C=O) groups is 1. The van der Waals surface area contributed by atoms with Gasteiger partial charge in [0, 0.05) is 12.9 Å². The molecule has 14 heteroatoms. The number of carbonyl (C=O) groups excluding carboxylic acids is 1. The summed E-state index contributed by atoms with van der Waals surface area (Å²) >= 11 is 0.673. The standard InChI is InChI=1S/C15H26O12S.Na/c1-24-14-10(22)9(21)12(6(3-17)26-14)27-15-11(23)13(28-4-7(18)19)8(20)5(2-16)25-15;/h5-6,8-17,20-23H,2-4H2,1H3,(H,18,19);/q;+1/p-1/t5-,6-,8+,9-,10-,11-,12-,13+,14-,15+;/m1./s1. The molecule has 12 nitrogen and oxygen atoms in total. The van der Waals surface area contributed by atoms with Crippen molar-refractivity contribution in [3.63, 3.8) is 0 Å². The first-order chi connectivity index (χ1) is 13.2. The summed E-state index contributed by atoms with van der Waals surface area (Å²) < 4.78 is 21.0. The summed E-state index contributed by atoms with van der Waals surface area (Å²) in [5, 5.41) is 69.5. The molecular weight excluding hydrogens is 427 g/mol. The monoisotopic (exact) mass is 452 g/mol. The van der Waals surface area contributed by atoms with Crippen LogP contribution in [-0.2, 0) is 23.7 Å². The van der Waals surface area contributed by atoms with E-state index >= 15 is 0 Å². The number of ether oxygens (including phenoxy) is 4. The predicted molar refractivity (Wildman–Crippen MR) is 88.7 cm³/mol. The molecule has 0 spiro atoms. The van der Waals surface area contributed by atoms with Crippen molar-refractivity contribution in [1.82, 2.24) is 0 Å². The first-order valence-electron chi connectivity index (χ1n) is 8.49. The molecule has 2 rings (SSSR count). The molecule has 0 aromatic rings. The number of aliphatic hydroxyl groups excluding tert-OH is 6. The van der Waals surface area contributed by atoms with Crippen LogP contribution in [-0.4, -0.2) is 123 Å². The number of carboxylic acids is 1. The van der Waals surface area contributed by atoms with Gasteiger partial charge >= 0.3 is 29.6 Å². The molecular formula is C15H25NaO12S. The molecule has 0 radical (unpaired) electrons. The van der Waals surface area contributed by atoms with Crippen molar-refractivity contribution in [2.75, 3.05) is 26.1 Å². The predicted octanol–water partition coefficient (Wildman–Crippen LogP) is -8.25. The molecule has 2 saturated heterocycles. The Morgan fingerprint density at radius 1 is 0.966 bits per heavy atom. The van der Waals surface area contributed by atoms with Crippen LogP contribution in [0, 0.1) is 0 Å². The number of thioether (sulfide) groups is 1. The van der Waals surface area contributed by atoms with Crippen LogP contribution < -0.4 is 34.7 Å². The van der Waals surface area contributed by atoms with Crippen molar-refractivity contribution in [2.45, 2.75) is 60.6 Å². The van der Waals surface area contributed by atoms with Crippen LogP contribution in [0.25, 0.3) is 0 Å². The third-order valence-electron chi connectivity index (χ3n) is 4.56. The van der Waals surface area contributed by atoms with Crippen LogP contribution in [0.2, 0.25) is 0 Å². The van der Waals surface area contributed by atoms with E-state index in [-0.39, 0.29) is 29.6 Å². The van der Waals surface area contributed by atoms with Crippen molar-refractivity contribution in [3.8, 4) is 0 Å². The van der Waals surface area contributed by atoms with Crippen molar-refractivity contribution < 1.29 is 89.0 Å². The van der Waals surface area contributed by atoms with Gasteiger partial charge < -0.3 is 59.5 Å². The summed E-state index contributed by atoms with van der Waals surface area (Å²) in [5.41, 5.74) is 0. The Bertz CT molecular complexity index is 514. The van der Waals surface area contributed by atoms with Crippen LogP contribution >= 0.6 is 11.8 Å². The third-order valence-corrected chi connectivity index (χ3v) is 5.90. The number of aliphatic carboxylic acids is 1. The van der Waals surface area contributed by atoms with Gasteiger partial charge in [-0.15, -0.1) is 11.8 Å². The van der Waals surface area contributed by atoms with Gasteiger partial charge in [0.2, 0.25) is 0 Å². The van der Waals surface area contributed by atoms with E-state index in [2.05, 4.69) is 0 Å². The quantitative estimate of drug-likeness (QED) is 0.190. The Morgan fingerprint density at radius 3 is 2.07 bits per heavy atom. The van der Waals surface area contributed by atoms with Gasteiger partial charge in [-0.25, -0.2) is 0 Å². The maximum atomic E-state index is 10.7. The van der Waals surface area contributed by atoms with E-state index in [9.17, 15) is 40.5 Å². The van der Waals surface area contributed by atoms with E-state index in [0.717, 1.165) is 0 Å². The Labute approximate surface area is 193 Å². The van der Waals surface area contributed by atoms with Crippen LogP contribution in [0.1, 0.15) is 0 Å². The fourth-order valence-corrected chi connectivity index (χ4v) is 4.12. The molecule has 164 valence electrons. The van der Waals surface area contributed by atoms with Crippen LogP contribution in [0.5, 0.6) is 0 Å². The summed E-state index contributed by atoms with van der Waals surface area (Å²) in [6, 6.07) is 0. The number of methoxy groups -OCH3 is 1. The summed E-state index contributed by atoms with van der Waals surface area (Å²) in [6.45, 7) is -1.27. The van der Waals surface area contributed by atoms with Crippen LogP contribution in [0.3, 0.4) is 0 Å². The number of rotatable bonds is 8. The zero-order valence-electron chi connectivity index (χ0n) is 15.9. The fraction of sp³-hybridized carbons (Fsp3) is 0.933. The topological polar surface area (TPSA) is 198 Å². The molecule has 0 unspecified atom stereocenters. The summed E-state index contributed by atoms with van der Waals surface area (Å²) in [7, 11) is 1.23. The molecule has 0 aromatic carbocycles. The van der Waals surface area contributed by atoms with E-state index < -0.39 is 85.5 Å². The van der Waals surface area contributed by atoms with Gasteiger partial charge in [0.05, 0.1) is 30.5 Å². The van der Waals surface area contributed by atoms with Crippen molar-refractivity contribution in [2.24, 2.45) is 0 Å². The van der Waals surface area contributed by atoms with Gasteiger partial charge in [-0.05, 0) is 0 Å². The van der Waals surface area contributed by atoms with Gasteiger partial charge in [-0.2, -0.15) is 0 Å². The Kier molecular flexibility index (Phi) is 11.8. The van der Waals surface area contributed by atoms with Gasteiger partial charge in [0.25, 0.3) is 0 Å². The van der Waals surface area contributed by atoms with E-state index in [1.165, 1.54) is 7.11 Å². The maximum absolute atomic E-state index is 10.7. The van der Waals surface area contributed by atoms with E-state index in [1.54, 1.807) is 0 Å². The molecule has 0 aliphatic carbocycles.